The molecule has 0 spiro atoms. The molecule has 1 aromatic rings. The summed E-state index contributed by atoms with van der Waals surface area (Å²) in [5.74, 6) is 1.66. The minimum Gasteiger partial charge on any atom is -0.444 e. The van der Waals surface area contributed by atoms with Crippen molar-refractivity contribution < 1.29 is 14.1 Å². The van der Waals surface area contributed by atoms with Gasteiger partial charge in [-0.3, -0.25) is 0 Å². The highest BCUT2D eigenvalue weighted by molar-refractivity contribution is 5.68. The lowest BCUT2D eigenvalue weighted by atomic mass is 10.1. The second-order valence-electron chi connectivity index (χ2n) is 6.05. The summed E-state index contributed by atoms with van der Waals surface area (Å²) >= 11 is 0. The topological polar surface area (TPSA) is 77.2 Å². The lowest BCUT2D eigenvalue weighted by molar-refractivity contribution is 0.0496. The van der Waals surface area contributed by atoms with Gasteiger partial charge in [-0.1, -0.05) is 18.0 Å². The zero-order valence-corrected chi connectivity index (χ0v) is 11.9. The normalized spacial score (nSPS) is 17.1. The van der Waals surface area contributed by atoms with Gasteiger partial charge in [0, 0.05) is 6.92 Å². The Labute approximate surface area is 112 Å². The first-order valence-corrected chi connectivity index (χ1v) is 6.63. The first-order valence-electron chi connectivity index (χ1n) is 6.63. The summed E-state index contributed by atoms with van der Waals surface area (Å²) in [4.78, 5) is 16.0. The van der Waals surface area contributed by atoms with Gasteiger partial charge < -0.3 is 14.6 Å². The minimum absolute atomic E-state index is 0.236. The molecule has 19 heavy (non-hydrogen) atoms. The van der Waals surface area contributed by atoms with Crippen molar-refractivity contribution in [3.8, 4) is 0 Å². The molecule has 1 atom stereocenters. The largest absolute Gasteiger partial charge is 0.444 e. The lowest BCUT2D eigenvalue weighted by Gasteiger charge is -2.22. The fraction of sp³-hybridized carbons (Fsp3) is 0.769. The molecule has 1 amide bonds. The molecule has 1 unspecified atom stereocenters. The molecule has 0 radical (unpaired) electrons. The predicted octanol–water partition coefficient (Wildman–Crippen LogP) is 2.74. The zero-order chi connectivity index (χ0) is 14.0. The number of ether oxygens (including phenoxy) is 1. The summed E-state index contributed by atoms with van der Waals surface area (Å²) in [7, 11) is 0. The van der Waals surface area contributed by atoms with E-state index in [0.29, 0.717) is 17.6 Å². The highest BCUT2D eigenvalue weighted by Gasteiger charge is 2.30. The summed E-state index contributed by atoms with van der Waals surface area (Å²) in [6.45, 7) is 7.24. The van der Waals surface area contributed by atoms with Crippen molar-refractivity contribution in [3.63, 3.8) is 0 Å². The molecule has 1 aliphatic rings. The molecule has 1 heterocycles. The molecule has 0 bridgehead atoms. The van der Waals surface area contributed by atoms with Crippen LogP contribution in [0.25, 0.3) is 0 Å². The Morgan fingerprint density at radius 3 is 2.68 bits per heavy atom. The summed E-state index contributed by atoms with van der Waals surface area (Å²) in [5.41, 5.74) is -0.513. The van der Waals surface area contributed by atoms with E-state index in [0.717, 1.165) is 6.42 Å². The molecule has 0 saturated heterocycles. The van der Waals surface area contributed by atoms with Crippen LogP contribution in [-0.4, -0.2) is 21.8 Å². The van der Waals surface area contributed by atoms with Crippen molar-refractivity contribution in [2.45, 2.75) is 58.6 Å². The van der Waals surface area contributed by atoms with Gasteiger partial charge in [0.1, 0.15) is 5.60 Å². The Morgan fingerprint density at radius 2 is 2.21 bits per heavy atom. The summed E-state index contributed by atoms with van der Waals surface area (Å²) < 4.78 is 10.2. The van der Waals surface area contributed by atoms with E-state index in [1.807, 2.05) is 20.8 Å². The van der Waals surface area contributed by atoms with Gasteiger partial charge in [0.2, 0.25) is 5.89 Å². The number of alkyl carbamates (subject to hydrolysis) is 1. The van der Waals surface area contributed by atoms with Gasteiger partial charge in [0.15, 0.2) is 5.82 Å². The van der Waals surface area contributed by atoms with E-state index in [1.165, 1.54) is 12.8 Å². The molecule has 2 rings (SSSR count). The molecule has 1 N–H and O–H groups in total. The Hall–Kier alpha value is -1.59. The number of amides is 1. The number of rotatable bonds is 4. The average Bonchev–Trinajstić information content (AvgIpc) is 2.95. The van der Waals surface area contributed by atoms with Crippen LogP contribution in [0.15, 0.2) is 4.52 Å². The van der Waals surface area contributed by atoms with E-state index >= 15 is 0 Å². The van der Waals surface area contributed by atoms with Crippen molar-refractivity contribution in [1.29, 1.82) is 0 Å². The van der Waals surface area contributed by atoms with Crippen LogP contribution in [-0.2, 0) is 4.74 Å². The predicted molar refractivity (Wildman–Crippen MR) is 68.5 cm³/mol. The number of carbonyl (C=O) groups excluding carboxylic acids is 1. The van der Waals surface area contributed by atoms with Crippen LogP contribution >= 0.6 is 0 Å². The maximum absolute atomic E-state index is 11.8. The fourth-order valence-corrected chi connectivity index (χ4v) is 1.82. The molecule has 1 fully saturated rings. The van der Waals surface area contributed by atoms with Crippen LogP contribution in [0.5, 0.6) is 0 Å². The van der Waals surface area contributed by atoms with E-state index in [4.69, 9.17) is 9.26 Å². The van der Waals surface area contributed by atoms with Gasteiger partial charge in [-0.2, -0.15) is 4.98 Å². The van der Waals surface area contributed by atoms with E-state index in [2.05, 4.69) is 15.5 Å². The smallest absolute Gasteiger partial charge is 0.408 e. The molecular formula is C13H21N3O3. The minimum atomic E-state index is -0.513. The van der Waals surface area contributed by atoms with Crippen molar-refractivity contribution >= 4 is 6.09 Å². The van der Waals surface area contributed by atoms with Crippen molar-refractivity contribution in [1.82, 2.24) is 15.5 Å². The summed E-state index contributed by atoms with van der Waals surface area (Å²) in [6, 6.07) is -0.236. The second-order valence-corrected chi connectivity index (χ2v) is 6.05. The third-order valence-electron chi connectivity index (χ3n) is 2.81. The van der Waals surface area contributed by atoms with Crippen molar-refractivity contribution in [3.05, 3.63) is 11.7 Å². The Kier molecular flexibility index (Phi) is 3.78. The molecule has 6 nitrogen and oxygen atoms in total. The second kappa shape index (κ2) is 5.19. The third kappa shape index (κ3) is 4.54. The van der Waals surface area contributed by atoms with Gasteiger partial charge in [-0.05, 0) is 33.1 Å². The van der Waals surface area contributed by atoms with Gasteiger partial charge in [-0.15, -0.1) is 0 Å². The molecule has 6 heteroatoms. The molecule has 0 aromatic carbocycles. The van der Waals surface area contributed by atoms with Gasteiger partial charge in [0.05, 0.1) is 6.04 Å². The van der Waals surface area contributed by atoms with E-state index in [-0.39, 0.29) is 6.04 Å². The number of hydrogen-bond acceptors (Lipinski definition) is 5. The maximum atomic E-state index is 11.8. The highest BCUT2D eigenvalue weighted by Crippen LogP contribution is 2.37. The number of carbonyl (C=O) groups is 1. The average molecular weight is 267 g/mol. The molecule has 1 aliphatic carbocycles. The van der Waals surface area contributed by atoms with Crippen LogP contribution in [0.3, 0.4) is 0 Å². The first kappa shape index (κ1) is 13.8. The Balaban J connectivity index is 1.99. The maximum Gasteiger partial charge on any atom is 0.408 e. The van der Waals surface area contributed by atoms with E-state index in [9.17, 15) is 4.79 Å². The molecule has 106 valence electrons. The summed E-state index contributed by atoms with van der Waals surface area (Å²) in [6.07, 6.45) is 2.78. The van der Waals surface area contributed by atoms with Gasteiger partial charge >= 0.3 is 6.09 Å². The third-order valence-corrected chi connectivity index (χ3v) is 2.81. The number of nitrogens with zero attached hydrogens (tertiary/aromatic N) is 2. The quantitative estimate of drug-likeness (QED) is 0.907. The molecule has 1 aromatic heterocycles. The van der Waals surface area contributed by atoms with E-state index in [1.54, 1.807) is 6.92 Å². The SMILES string of the molecule is Cc1nc(C(CC2CC2)NC(=O)OC(C)(C)C)no1. The van der Waals surface area contributed by atoms with Crippen LogP contribution in [0.4, 0.5) is 4.79 Å². The van der Waals surface area contributed by atoms with Gasteiger partial charge in [-0.25, -0.2) is 4.79 Å². The number of hydrogen-bond donors (Lipinski definition) is 1. The lowest BCUT2D eigenvalue weighted by Crippen LogP contribution is -2.35. The van der Waals surface area contributed by atoms with Gasteiger partial charge in [0.25, 0.3) is 0 Å². The monoisotopic (exact) mass is 267 g/mol. The van der Waals surface area contributed by atoms with Crippen LogP contribution in [0, 0.1) is 12.8 Å². The fourth-order valence-electron chi connectivity index (χ4n) is 1.82. The zero-order valence-electron chi connectivity index (χ0n) is 11.9. The molecule has 0 aliphatic heterocycles. The standard InChI is InChI=1S/C13H21N3O3/c1-8-14-11(16-19-8)10(7-9-5-6-9)15-12(17)18-13(2,3)4/h9-10H,5-7H2,1-4H3,(H,15,17). The molecular weight excluding hydrogens is 246 g/mol. The van der Waals surface area contributed by atoms with Crippen LogP contribution in [0.2, 0.25) is 0 Å². The highest BCUT2D eigenvalue weighted by atomic mass is 16.6. The first-order chi connectivity index (χ1) is 8.83. The number of nitrogens with one attached hydrogen (secondary N) is 1. The van der Waals surface area contributed by atoms with Crippen LogP contribution in [0.1, 0.15) is 57.8 Å². The van der Waals surface area contributed by atoms with Crippen molar-refractivity contribution in [2.24, 2.45) is 5.92 Å². The number of aryl methyl sites for hydroxylation is 1. The van der Waals surface area contributed by atoms with E-state index < -0.39 is 11.7 Å². The van der Waals surface area contributed by atoms with Crippen molar-refractivity contribution in [2.75, 3.05) is 0 Å². The molecule has 1 saturated carbocycles. The Bertz CT molecular complexity index is 446. The van der Waals surface area contributed by atoms with Crippen LogP contribution < -0.4 is 5.32 Å². The Morgan fingerprint density at radius 1 is 1.53 bits per heavy atom. The summed E-state index contributed by atoms with van der Waals surface area (Å²) in [5, 5.41) is 6.72. The number of aromatic nitrogens is 2.